The van der Waals surface area contributed by atoms with Crippen molar-refractivity contribution in [3.8, 4) is 16.9 Å². The summed E-state index contributed by atoms with van der Waals surface area (Å²) in [6.45, 7) is 9.00. The van der Waals surface area contributed by atoms with E-state index in [9.17, 15) is 19.2 Å². The zero-order valence-corrected chi connectivity index (χ0v) is 26.9. The molecule has 1 aromatic carbocycles. The number of aromatic amines is 1. The first-order valence-corrected chi connectivity index (χ1v) is 15.3. The maximum absolute atomic E-state index is 13.5. The van der Waals surface area contributed by atoms with Crippen molar-refractivity contribution in [2.45, 2.75) is 34.2 Å². The normalized spacial score (nSPS) is 11.2. The fraction of sp³-hybridized carbons (Fsp3) is 0.367. The van der Waals surface area contributed by atoms with E-state index in [1.165, 1.54) is 18.4 Å². The molecule has 2 amide bonds. The molecule has 228 valence electrons. The number of fused-ring (bicyclic) bond motifs is 1. The Morgan fingerprint density at radius 3 is 2.33 bits per heavy atom. The van der Waals surface area contributed by atoms with Gasteiger partial charge in [-0.1, -0.05) is 12.1 Å². The predicted octanol–water partition coefficient (Wildman–Crippen LogP) is 4.68. The molecule has 0 aliphatic heterocycles. The second-order valence-corrected chi connectivity index (χ2v) is 12.3. The molecule has 0 aliphatic rings. The number of esters is 1. The van der Waals surface area contributed by atoms with Crippen molar-refractivity contribution >= 4 is 55.7 Å². The molecule has 0 unspecified atom stereocenters. The Hall–Kier alpha value is -4.07. The highest BCUT2D eigenvalue weighted by Crippen LogP contribution is 2.41. The van der Waals surface area contributed by atoms with Crippen LogP contribution in [-0.4, -0.2) is 78.5 Å². The fourth-order valence-corrected chi connectivity index (χ4v) is 6.90. The second kappa shape index (κ2) is 13.5. The highest BCUT2D eigenvalue weighted by Gasteiger charge is 2.27. The Kier molecular flexibility index (Phi) is 9.99. The first-order chi connectivity index (χ1) is 20.5. The predicted molar refractivity (Wildman–Crippen MR) is 170 cm³/mol. The van der Waals surface area contributed by atoms with Crippen LogP contribution in [0.4, 0.5) is 5.00 Å². The van der Waals surface area contributed by atoms with E-state index in [1.54, 1.807) is 36.1 Å². The monoisotopic (exact) mass is 625 g/mol. The summed E-state index contributed by atoms with van der Waals surface area (Å²) in [5, 5.41) is 3.59. The van der Waals surface area contributed by atoms with Crippen LogP contribution in [0.15, 0.2) is 29.1 Å². The lowest BCUT2D eigenvalue weighted by molar-refractivity contribution is -0.132. The molecular weight excluding hydrogens is 590 g/mol. The topological polar surface area (TPSA) is 134 Å². The smallest absolute Gasteiger partial charge is 0.341 e. The third kappa shape index (κ3) is 6.79. The van der Waals surface area contributed by atoms with Gasteiger partial charge in [0.05, 0.1) is 23.9 Å². The third-order valence-electron chi connectivity index (χ3n) is 6.84. The number of amides is 2. The highest BCUT2D eigenvalue weighted by atomic mass is 32.1. The van der Waals surface area contributed by atoms with Crippen molar-refractivity contribution in [1.29, 1.82) is 0 Å². The van der Waals surface area contributed by atoms with Crippen LogP contribution < -0.4 is 15.6 Å². The summed E-state index contributed by atoms with van der Waals surface area (Å²) in [6, 6.07) is 7.06. The molecule has 3 heterocycles. The molecule has 3 aromatic heterocycles. The molecule has 2 N–H and O–H groups in total. The molecule has 0 saturated carbocycles. The van der Waals surface area contributed by atoms with E-state index in [4.69, 9.17) is 9.47 Å². The quantitative estimate of drug-likeness (QED) is 0.230. The minimum Gasteiger partial charge on any atom is -0.484 e. The number of nitrogens with one attached hydrogen (secondary N) is 2. The van der Waals surface area contributed by atoms with Gasteiger partial charge >= 0.3 is 5.97 Å². The number of H-pyrrole nitrogens is 1. The van der Waals surface area contributed by atoms with Gasteiger partial charge in [0.2, 0.25) is 0 Å². The molecule has 13 heteroatoms. The minimum absolute atomic E-state index is 0.0718. The number of benzene rings is 1. The van der Waals surface area contributed by atoms with Crippen LogP contribution in [0.2, 0.25) is 0 Å². The molecule has 0 spiro atoms. The van der Waals surface area contributed by atoms with Gasteiger partial charge in [0.15, 0.2) is 6.61 Å². The lowest BCUT2D eigenvalue weighted by Gasteiger charge is -2.18. The van der Waals surface area contributed by atoms with Gasteiger partial charge in [-0.15, -0.1) is 22.7 Å². The van der Waals surface area contributed by atoms with Crippen LogP contribution in [0.1, 0.15) is 50.1 Å². The average Bonchev–Trinajstić information content (AvgIpc) is 3.47. The first kappa shape index (κ1) is 31.9. The molecular formula is C30H35N5O6S2. The molecule has 0 fully saturated rings. The molecule has 0 bridgehead atoms. The number of nitrogens with zero attached hydrogens (tertiary/aromatic N) is 3. The summed E-state index contributed by atoms with van der Waals surface area (Å²) in [5.41, 5.74) is 1.79. The van der Waals surface area contributed by atoms with E-state index in [2.05, 4.69) is 15.3 Å². The molecule has 0 radical (unpaired) electrons. The number of carbonyl (C=O) groups is 3. The summed E-state index contributed by atoms with van der Waals surface area (Å²) in [6.07, 6.45) is 0. The van der Waals surface area contributed by atoms with Gasteiger partial charge in [-0.25, -0.2) is 9.78 Å². The summed E-state index contributed by atoms with van der Waals surface area (Å²) in [4.78, 5) is 64.2. The number of rotatable bonds is 11. The maximum Gasteiger partial charge on any atom is 0.341 e. The number of hydrogen-bond acceptors (Lipinski definition) is 10. The van der Waals surface area contributed by atoms with E-state index in [-0.39, 0.29) is 23.6 Å². The van der Waals surface area contributed by atoms with E-state index in [0.29, 0.717) is 62.4 Å². The largest absolute Gasteiger partial charge is 0.484 e. The Labute approximate surface area is 257 Å². The van der Waals surface area contributed by atoms with Crippen LogP contribution in [0, 0.1) is 13.8 Å². The van der Waals surface area contributed by atoms with Crippen molar-refractivity contribution in [2.75, 3.05) is 46.2 Å². The van der Waals surface area contributed by atoms with Crippen LogP contribution in [-0.2, 0) is 16.1 Å². The standard InChI is InChI=1S/C30H35N5O6S2/c1-8-35(9-2)21(36)15-41-19-12-10-18(11-13-19)23-17(4)42-29(24(23)30(39)40-7)33-27(38)25-16(3)22-26(37)31-20(14-34(5)6)32-28(22)43-25/h10-13H,8-9,14-15H2,1-7H3,(H,33,38)(H,31,32,37). The Morgan fingerprint density at radius 1 is 1.05 bits per heavy atom. The summed E-state index contributed by atoms with van der Waals surface area (Å²) < 4.78 is 10.8. The summed E-state index contributed by atoms with van der Waals surface area (Å²) in [7, 11) is 5.03. The van der Waals surface area contributed by atoms with E-state index in [0.717, 1.165) is 21.8 Å². The second-order valence-electron chi connectivity index (χ2n) is 10.0. The van der Waals surface area contributed by atoms with Crippen LogP contribution in [0.3, 0.4) is 0 Å². The van der Waals surface area contributed by atoms with Gasteiger partial charge in [0, 0.05) is 23.5 Å². The molecule has 0 saturated heterocycles. The lowest BCUT2D eigenvalue weighted by Crippen LogP contribution is -2.34. The number of aromatic nitrogens is 2. The zero-order chi connectivity index (χ0) is 31.4. The number of hydrogen-bond donors (Lipinski definition) is 2. The number of methoxy groups -OCH3 is 1. The number of likely N-dealkylation sites (N-methyl/N-ethyl adjacent to an activating group) is 1. The molecule has 11 nitrogen and oxygen atoms in total. The molecule has 43 heavy (non-hydrogen) atoms. The van der Waals surface area contributed by atoms with Crippen molar-refractivity contribution in [2.24, 2.45) is 0 Å². The number of thiophene rings is 2. The van der Waals surface area contributed by atoms with Gasteiger partial charge < -0.3 is 29.6 Å². The van der Waals surface area contributed by atoms with Crippen molar-refractivity contribution in [3.05, 3.63) is 61.3 Å². The van der Waals surface area contributed by atoms with Crippen LogP contribution >= 0.6 is 22.7 Å². The van der Waals surface area contributed by atoms with Crippen molar-refractivity contribution in [3.63, 3.8) is 0 Å². The Balaban J connectivity index is 1.63. The third-order valence-corrected chi connectivity index (χ3v) is 9.05. The first-order valence-electron chi connectivity index (χ1n) is 13.7. The van der Waals surface area contributed by atoms with Crippen molar-refractivity contribution in [1.82, 2.24) is 19.8 Å². The number of carbonyl (C=O) groups excluding carboxylic acids is 3. The Morgan fingerprint density at radius 2 is 1.72 bits per heavy atom. The fourth-order valence-electron chi connectivity index (χ4n) is 4.75. The van der Waals surface area contributed by atoms with Gasteiger partial charge in [-0.2, -0.15) is 0 Å². The minimum atomic E-state index is -0.598. The number of aryl methyl sites for hydroxylation is 2. The van der Waals surface area contributed by atoms with Crippen LogP contribution in [0.5, 0.6) is 5.75 Å². The van der Waals surface area contributed by atoms with Crippen LogP contribution in [0.25, 0.3) is 21.3 Å². The molecule has 4 rings (SSSR count). The maximum atomic E-state index is 13.5. The van der Waals surface area contributed by atoms with E-state index >= 15 is 0 Å². The van der Waals surface area contributed by atoms with Gasteiger partial charge in [0.25, 0.3) is 17.4 Å². The molecule has 0 aliphatic carbocycles. The average molecular weight is 626 g/mol. The molecule has 4 aromatic rings. The number of ether oxygens (including phenoxy) is 2. The van der Waals surface area contributed by atoms with Crippen molar-refractivity contribution < 1.29 is 23.9 Å². The number of anilines is 1. The lowest BCUT2D eigenvalue weighted by atomic mass is 10.0. The highest BCUT2D eigenvalue weighted by molar-refractivity contribution is 7.21. The summed E-state index contributed by atoms with van der Waals surface area (Å²) in [5.74, 6) is -0.121. The molecule has 0 atom stereocenters. The van der Waals surface area contributed by atoms with Gasteiger partial charge in [0.1, 0.15) is 27.0 Å². The Bertz CT molecular complexity index is 1720. The van der Waals surface area contributed by atoms with E-state index in [1.807, 2.05) is 39.8 Å². The van der Waals surface area contributed by atoms with E-state index < -0.39 is 11.9 Å². The van der Waals surface area contributed by atoms with Gasteiger partial charge in [-0.05, 0) is 65.0 Å². The SMILES string of the molecule is CCN(CC)C(=O)COc1ccc(-c2c(C)sc(NC(=O)c3sc4nc(CN(C)C)[nH]c(=O)c4c3C)c2C(=O)OC)cc1. The van der Waals surface area contributed by atoms with Gasteiger partial charge in [-0.3, -0.25) is 14.4 Å². The summed E-state index contributed by atoms with van der Waals surface area (Å²) >= 11 is 2.39. The zero-order valence-electron chi connectivity index (χ0n) is 25.2.